The Labute approximate surface area is 131 Å². The number of rotatable bonds is 9. The lowest BCUT2D eigenvalue weighted by Crippen LogP contribution is -2.34. The molecule has 2 aliphatic carbocycles. The molecule has 0 aliphatic heterocycles. The number of hydrogen-bond donors (Lipinski definition) is 1. The molecular weight excluding hydrogens is 282 g/mol. The maximum atomic E-state index is 11.7. The fraction of sp³-hybridized carbons (Fsp3) is 1.00. The normalized spacial score (nSPS) is 30.5. The summed E-state index contributed by atoms with van der Waals surface area (Å²) >= 11 is 0. The maximum absolute atomic E-state index is 11.7. The fourth-order valence-electron chi connectivity index (χ4n) is 3.73. The largest absolute Gasteiger partial charge is 0.314 e. The Kier molecular flexibility index (Phi) is 6.54. The van der Waals surface area contributed by atoms with Crippen molar-refractivity contribution in [3.05, 3.63) is 0 Å². The van der Waals surface area contributed by atoms with Gasteiger partial charge in [0.25, 0.3) is 0 Å². The summed E-state index contributed by atoms with van der Waals surface area (Å²) in [6.07, 6.45) is 9.98. The Bertz CT molecular complexity index is 403. The minimum atomic E-state index is -2.79. The van der Waals surface area contributed by atoms with Crippen LogP contribution in [0.1, 0.15) is 65.2 Å². The highest BCUT2D eigenvalue weighted by Crippen LogP contribution is 2.38. The molecule has 0 spiro atoms. The van der Waals surface area contributed by atoms with Crippen LogP contribution in [-0.4, -0.2) is 32.5 Å². The molecule has 0 radical (unpaired) electrons. The second kappa shape index (κ2) is 7.96. The van der Waals surface area contributed by atoms with E-state index in [1.54, 1.807) is 6.92 Å². The molecule has 124 valence electrons. The van der Waals surface area contributed by atoms with Gasteiger partial charge in [-0.2, -0.15) is 0 Å². The summed E-state index contributed by atoms with van der Waals surface area (Å²) in [6.45, 7) is 5.21. The number of hydrogen-bond acceptors (Lipinski definition) is 3. The van der Waals surface area contributed by atoms with Gasteiger partial charge in [-0.05, 0) is 62.8 Å². The monoisotopic (exact) mass is 315 g/mol. The Hall–Kier alpha value is -0.0900. The number of sulfone groups is 1. The maximum Gasteiger partial charge on any atom is 0.150 e. The van der Waals surface area contributed by atoms with Crippen molar-refractivity contribution in [2.75, 3.05) is 18.1 Å². The van der Waals surface area contributed by atoms with Crippen LogP contribution in [0.15, 0.2) is 0 Å². The lowest BCUT2D eigenvalue weighted by atomic mass is 9.71. The first-order chi connectivity index (χ1) is 10.0. The van der Waals surface area contributed by atoms with E-state index in [1.807, 2.05) is 0 Å². The molecule has 0 bridgehead atoms. The molecule has 2 fully saturated rings. The van der Waals surface area contributed by atoms with Crippen molar-refractivity contribution in [3.63, 3.8) is 0 Å². The molecule has 2 rings (SSSR count). The van der Waals surface area contributed by atoms with Gasteiger partial charge in [0.1, 0.15) is 9.84 Å². The summed E-state index contributed by atoms with van der Waals surface area (Å²) in [5.74, 6) is 3.07. The lowest BCUT2D eigenvalue weighted by molar-refractivity contribution is 0.162. The molecular formula is C17H33NO2S. The van der Waals surface area contributed by atoms with E-state index >= 15 is 0 Å². The minimum Gasteiger partial charge on any atom is -0.314 e. The van der Waals surface area contributed by atoms with Gasteiger partial charge in [-0.25, -0.2) is 8.42 Å². The fourth-order valence-corrected chi connectivity index (χ4v) is 4.63. The first-order valence-corrected chi connectivity index (χ1v) is 10.8. The Morgan fingerprint density at radius 3 is 2.43 bits per heavy atom. The zero-order valence-corrected chi connectivity index (χ0v) is 14.6. The van der Waals surface area contributed by atoms with Crippen LogP contribution in [-0.2, 0) is 9.84 Å². The van der Waals surface area contributed by atoms with Gasteiger partial charge in [0.15, 0.2) is 0 Å². The molecule has 3 unspecified atom stereocenters. The summed E-state index contributed by atoms with van der Waals surface area (Å²) < 4.78 is 23.3. The van der Waals surface area contributed by atoms with E-state index in [9.17, 15) is 8.42 Å². The highest BCUT2D eigenvalue weighted by atomic mass is 32.2. The van der Waals surface area contributed by atoms with Gasteiger partial charge in [0.2, 0.25) is 0 Å². The van der Waals surface area contributed by atoms with Crippen LogP contribution < -0.4 is 5.32 Å². The Morgan fingerprint density at radius 1 is 1.05 bits per heavy atom. The lowest BCUT2D eigenvalue weighted by Gasteiger charge is -2.36. The van der Waals surface area contributed by atoms with E-state index in [0.717, 1.165) is 43.2 Å². The van der Waals surface area contributed by atoms with Crippen LogP contribution in [0.2, 0.25) is 0 Å². The van der Waals surface area contributed by atoms with Crippen molar-refractivity contribution in [1.29, 1.82) is 0 Å². The highest BCUT2D eigenvalue weighted by Gasteiger charge is 2.31. The SMILES string of the molecule is CCC1CCC(CNC2CC2)C(CCCS(=O)(=O)CC)C1. The van der Waals surface area contributed by atoms with E-state index < -0.39 is 9.84 Å². The van der Waals surface area contributed by atoms with Gasteiger partial charge in [-0.1, -0.05) is 26.7 Å². The second-order valence-electron chi connectivity index (χ2n) is 7.17. The summed E-state index contributed by atoms with van der Waals surface area (Å²) in [5, 5.41) is 3.69. The first kappa shape index (κ1) is 17.3. The minimum absolute atomic E-state index is 0.294. The van der Waals surface area contributed by atoms with Crippen LogP contribution in [0.3, 0.4) is 0 Å². The van der Waals surface area contributed by atoms with Gasteiger partial charge in [-0.3, -0.25) is 0 Å². The molecule has 4 heteroatoms. The van der Waals surface area contributed by atoms with Crippen molar-refractivity contribution in [2.24, 2.45) is 17.8 Å². The van der Waals surface area contributed by atoms with Gasteiger partial charge in [0.05, 0.1) is 5.75 Å². The summed E-state index contributed by atoms with van der Waals surface area (Å²) in [7, 11) is -2.79. The van der Waals surface area contributed by atoms with E-state index in [-0.39, 0.29) is 0 Å². The topological polar surface area (TPSA) is 46.2 Å². The third kappa shape index (κ3) is 5.90. The third-order valence-corrected chi connectivity index (χ3v) is 7.33. The van der Waals surface area contributed by atoms with Crippen LogP contribution >= 0.6 is 0 Å². The molecule has 0 heterocycles. The van der Waals surface area contributed by atoms with Crippen LogP contribution in [0.25, 0.3) is 0 Å². The van der Waals surface area contributed by atoms with Gasteiger partial charge < -0.3 is 5.32 Å². The van der Waals surface area contributed by atoms with E-state index in [0.29, 0.717) is 11.5 Å². The van der Waals surface area contributed by atoms with Crippen molar-refractivity contribution < 1.29 is 8.42 Å². The standard InChI is InChI=1S/C17H33NO2S/c1-3-14-7-8-16(13-18-17-9-10-17)15(12-14)6-5-11-21(19,20)4-2/h14-18H,3-13H2,1-2H3. The van der Waals surface area contributed by atoms with Gasteiger partial charge in [-0.15, -0.1) is 0 Å². The Morgan fingerprint density at radius 2 is 1.81 bits per heavy atom. The van der Waals surface area contributed by atoms with Crippen LogP contribution in [0, 0.1) is 17.8 Å². The van der Waals surface area contributed by atoms with E-state index in [2.05, 4.69) is 12.2 Å². The van der Waals surface area contributed by atoms with Crippen molar-refractivity contribution in [3.8, 4) is 0 Å². The van der Waals surface area contributed by atoms with Gasteiger partial charge >= 0.3 is 0 Å². The molecule has 0 amide bonds. The molecule has 21 heavy (non-hydrogen) atoms. The first-order valence-electron chi connectivity index (χ1n) is 8.97. The summed E-state index contributed by atoms with van der Waals surface area (Å²) in [4.78, 5) is 0. The highest BCUT2D eigenvalue weighted by molar-refractivity contribution is 7.91. The molecule has 0 saturated heterocycles. The van der Waals surface area contributed by atoms with Crippen LogP contribution in [0.4, 0.5) is 0 Å². The average molecular weight is 316 g/mol. The number of nitrogens with one attached hydrogen (secondary N) is 1. The summed E-state index contributed by atoms with van der Waals surface area (Å²) in [5.41, 5.74) is 0. The van der Waals surface area contributed by atoms with Crippen molar-refractivity contribution in [1.82, 2.24) is 5.32 Å². The zero-order valence-electron chi connectivity index (χ0n) is 13.8. The van der Waals surface area contributed by atoms with Gasteiger partial charge in [0, 0.05) is 11.8 Å². The molecule has 2 saturated carbocycles. The average Bonchev–Trinajstić information content (AvgIpc) is 3.30. The molecule has 0 aromatic carbocycles. The molecule has 1 N–H and O–H groups in total. The van der Waals surface area contributed by atoms with Crippen LogP contribution in [0.5, 0.6) is 0 Å². The quantitative estimate of drug-likeness (QED) is 0.709. The van der Waals surface area contributed by atoms with Crippen molar-refractivity contribution in [2.45, 2.75) is 71.3 Å². The third-order valence-electron chi connectivity index (χ3n) is 5.54. The molecule has 3 atom stereocenters. The molecule has 2 aliphatic rings. The Balaban J connectivity index is 1.80. The summed E-state index contributed by atoms with van der Waals surface area (Å²) in [6, 6.07) is 0.787. The second-order valence-corrected chi connectivity index (χ2v) is 9.64. The predicted molar refractivity (Wildman–Crippen MR) is 89.2 cm³/mol. The molecule has 3 nitrogen and oxygen atoms in total. The zero-order chi connectivity index (χ0) is 15.3. The van der Waals surface area contributed by atoms with E-state index in [4.69, 9.17) is 0 Å². The van der Waals surface area contributed by atoms with E-state index in [1.165, 1.54) is 38.5 Å². The molecule has 0 aromatic heterocycles. The van der Waals surface area contributed by atoms with Crippen molar-refractivity contribution >= 4 is 9.84 Å². The molecule has 0 aromatic rings. The smallest absolute Gasteiger partial charge is 0.150 e. The predicted octanol–water partition coefficient (Wildman–Crippen LogP) is 3.40.